The lowest BCUT2D eigenvalue weighted by Gasteiger charge is -2.28. The third kappa shape index (κ3) is 6.40. The van der Waals surface area contributed by atoms with Gasteiger partial charge in [0.05, 0.1) is 12.8 Å². The highest BCUT2D eigenvalue weighted by molar-refractivity contribution is 7.87. The van der Waals surface area contributed by atoms with Crippen molar-refractivity contribution in [2.24, 2.45) is 5.92 Å². The maximum absolute atomic E-state index is 12.8. The summed E-state index contributed by atoms with van der Waals surface area (Å²) in [5, 5.41) is 2.48. The molecule has 1 aromatic carbocycles. The Hall–Kier alpha value is -2.33. The highest BCUT2D eigenvalue weighted by atomic mass is 32.2. The molecule has 3 amide bonds. The molecule has 1 rings (SSSR count). The second kappa shape index (κ2) is 9.56. The van der Waals surface area contributed by atoms with Crippen molar-refractivity contribution in [1.82, 2.24) is 10.2 Å². The van der Waals surface area contributed by atoms with Gasteiger partial charge in [-0.25, -0.2) is 4.79 Å². The number of methoxy groups -OCH3 is 1. The predicted molar refractivity (Wildman–Crippen MR) is 102 cm³/mol. The number of nitrogens with zero attached hydrogens (tertiary/aromatic N) is 1. The number of amides is 3. The molecule has 0 aliphatic carbocycles. The Morgan fingerprint density at radius 1 is 1.30 bits per heavy atom. The lowest BCUT2D eigenvalue weighted by molar-refractivity contribution is -0.133. The van der Waals surface area contributed by atoms with Gasteiger partial charge >= 0.3 is 16.3 Å². The van der Waals surface area contributed by atoms with Gasteiger partial charge in [-0.3, -0.25) is 19.0 Å². The summed E-state index contributed by atoms with van der Waals surface area (Å²) in [7, 11) is -1.64. The van der Waals surface area contributed by atoms with Crippen molar-refractivity contribution in [3.8, 4) is 5.75 Å². The molecule has 10 heteroatoms. The van der Waals surface area contributed by atoms with Crippen molar-refractivity contribution in [3.63, 3.8) is 0 Å². The van der Waals surface area contributed by atoms with Gasteiger partial charge in [0.15, 0.2) is 0 Å². The third-order valence-corrected chi connectivity index (χ3v) is 4.65. The smallest absolute Gasteiger partial charge is 0.357 e. The van der Waals surface area contributed by atoms with E-state index in [9.17, 15) is 18.0 Å². The Bertz CT molecular complexity index is 781. The Morgan fingerprint density at radius 3 is 2.41 bits per heavy atom. The van der Waals surface area contributed by atoms with Crippen LogP contribution in [-0.2, 0) is 21.5 Å². The van der Waals surface area contributed by atoms with Crippen molar-refractivity contribution in [2.45, 2.75) is 39.7 Å². The van der Waals surface area contributed by atoms with Crippen molar-refractivity contribution >= 4 is 27.9 Å². The van der Waals surface area contributed by atoms with E-state index in [0.717, 1.165) is 0 Å². The van der Waals surface area contributed by atoms with Crippen molar-refractivity contribution in [3.05, 3.63) is 23.8 Å². The molecular weight excluding hydrogens is 374 g/mol. The standard InChI is InChI=1S/C17H27N3O6S/c1-6-12(3)20(17(22)18-4)16(21)11(2)9-13-7-8-15(26-5)14(10-13)19-27(23,24)25/h7-8,10-12,19H,6,9H2,1-5H3,(H,18,22)(H,23,24,25). The summed E-state index contributed by atoms with van der Waals surface area (Å²) in [4.78, 5) is 26.1. The molecule has 0 aromatic heterocycles. The molecule has 0 aliphatic heterocycles. The van der Waals surface area contributed by atoms with Gasteiger partial charge in [0.1, 0.15) is 5.75 Å². The van der Waals surface area contributed by atoms with Crippen LogP contribution in [0, 0.1) is 5.92 Å². The number of imide groups is 1. The van der Waals surface area contributed by atoms with Gasteiger partial charge in [0, 0.05) is 19.0 Å². The number of anilines is 1. The van der Waals surface area contributed by atoms with E-state index >= 15 is 0 Å². The van der Waals surface area contributed by atoms with Gasteiger partial charge in [-0.15, -0.1) is 0 Å². The number of carbonyl (C=O) groups is 2. The second-order valence-corrected chi connectivity index (χ2v) is 7.39. The first kappa shape index (κ1) is 22.7. The molecule has 0 saturated carbocycles. The van der Waals surface area contributed by atoms with Crippen LogP contribution in [0.25, 0.3) is 0 Å². The van der Waals surface area contributed by atoms with Gasteiger partial charge in [0.25, 0.3) is 0 Å². The molecule has 9 nitrogen and oxygen atoms in total. The lowest BCUT2D eigenvalue weighted by Crippen LogP contribution is -2.49. The van der Waals surface area contributed by atoms with E-state index in [0.29, 0.717) is 12.0 Å². The quantitative estimate of drug-likeness (QED) is 0.573. The zero-order valence-corrected chi connectivity index (χ0v) is 17.0. The van der Waals surface area contributed by atoms with Crippen LogP contribution < -0.4 is 14.8 Å². The average molecular weight is 401 g/mol. The Morgan fingerprint density at radius 2 is 1.93 bits per heavy atom. The van der Waals surface area contributed by atoms with Gasteiger partial charge in [-0.2, -0.15) is 8.42 Å². The molecule has 3 N–H and O–H groups in total. The molecule has 0 bridgehead atoms. The van der Waals surface area contributed by atoms with Crippen LogP contribution in [0.1, 0.15) is 32.8 Å². The normalized spacial score (nSPS) is 13.4. The van der Waals surface area contributed by atoms with E-state index < -0.39 is 22.3 Å². The molecule has 152 valence electrons. The Kier molecular flexibility index (Phi) is 8.04. The fraction of sp³-hybridized carbons (Fsp3) is 0.529. The minimum Gasteiger partial charge on any atom is -0.495 e. The summed E-state index contributed by atoms with van der Waals surface area (Å²) in [6, 6.07) is 3.97. The van der Waals surface area contributed by atoms with E-state index in [1.165, 1.54) is 31.2 Å². The van der Waals surface area contributed by atoms with Crippen LogP contribution in [0.5, 0.6) is 5.75 Å². The molecule has 1 aromatic rings. The first-order valence-electron chi connectivity index (χ1n) is 8.50. The van der Waals surface area contributed by atoms with Crippen LogP contribution in [0.4, 0.5) is 10.5 Å². The number of rotatable bonds is 8. The molecule has 0 saturated heterocycles. The van der Waals surface area contributed by atoms with Gasteiger partial charge < -0.3 is 10.1 Å². The molecule has 2 atom stereocenters. The fourth-order valence-electron chi connectivity index (χ4n) is 2.60. The monoisotopic (exact) mass is 401 g/mol. The molecular formula is C17H27N3O6S. The Labute approximate surface area is 160 Å². The minimum atomic E-state index is -4.47. The lowest BCUT2D eigenvalue weighted by atomic mass is 9.98. The maximum Gasteiger partial charge on any atom is 0.357 e. The third-order valence-electron chi connectivity index (χ3n) is 4.17. The maximum atomic E-state index is 12.8. The topological polar surface area (TPSA) is 125 Å². The number of carbonyl (C=O) groups excluding carboxylic acids is 2. The predicted octanol–water partition coefficient (Wildman–Crippen LogP) is 2.05. The number of hydrogen-bond donors (Lipinski definition) is 3. The van der Waals surface area contributed by atoms with Crippen LogP contribution in [-0.4, -0.2) is 50.0 Å². The largest absolute Gasteiger partial charge is 0.495 e. The molecule has 0 spiro atoms. The van der Waals surface area contributed by atoms with E-state index in [2.05, 4.69) is 5.32 Å². The number of nitrogens with one attached hydrogen (secondary N) is 2. The molecule has 0 radical (unpaired) electrons. The van der Waals surface area contributed by atoms with E-state index in [4.69, 9.17) is 9.29 Å². The highest BCUT2D eigenvalue weighted by Crippen LogP contribution is 2.27. The average Bonchev–Trinajstić information content (AvgIpc) is 2.60. The summed E-state index contributed by atoms with van der Waals surface area (Å²) < 4.78 is 38.2. The Balaban J connectivity index is 3.07. The first-order chi connectivity index (χ1) is 12.5. The summed E-state index contributed by atoms with van der Waals surface area (Å²) in [5.74, 6) is -0.631. The molecule has 0 aliphatic rings. The van der Waals surface area contributed by atoms with Gasteiger partial charge in [0.2, 0.25) is 5.91 Å². The molecule has 0 heterocycles. The first-order valence-corrected chi connectivity index (χ1v) is 9.94. The summed E-state index contributed by atoms with van der Waals surface area (Å²) >= 11 is 0. The number of ether oxygens (including phenoxy) is 1. The van der Waals surface area contributed by atoms with E-state index in [-0.39, 0.29) is 29.8 Å². The van der Waals surface area contributed by atoms with Crippen LogP contribution in [0.2, 0.25) is 0 Å². The SMILES string of the molecule is CCC(C)N(C(=O)NC)C(=O)C(C)Cc1ccc(OC)c(NS(=O)(=O)O)c1. The summed E-state index contributed by atoms with van der Waals surface area (Å²) in [5.41, 5.74) is 0.700. The van der Waals surface area contributed by atoms with Crippen molar-refractivity contribution < 1.29 is 27.3 Å². The van der Waals surface area contributed by atoms with E-state index in [1.807, 2.05) is 11.6 Å². The zero-order chi connectivity index (χ0) is 20.8. The number of hydrogen-bond acceptors (Lipinski definition) is 5. The van der Waals surface area contributed by atoms with Gasteiger partial charge in [-0.05, 0) is 37.5 Å². The zero-order valence-electron chi connectivity index (χ0n) is 16.1. The second-order valence-electron chi connectivity index (χ2n) is 6.24. The summed E-state index contributed by atoms with van der Waals surface area (Å²) in [6.45, 7) is 5.37. The molecule has 2 unspecified atom stereocenters. The van der Waals surface area contributed by atoms with Crippen LogP contribution >= 0.6 is 0 Å². The number of benzene rings is 1. The molecule has 27 heavy (non-hydrogen) atoms. The fourth-order valence-corrected chi connectivity index (χ4v) is 3.04. The van der Waals surface area contributed by atoms with E-state index in [1.54, 1.807) is 19.9 Å². The van der Waals surface area contributed by atoms with Crippen molar-refractivity contribution in [1.29, 1.82) is 0 Å². The minimum absolute atomic E-state index is 0.0576. The highest BCUT2D eigenvalue weighted by Gasteiger charge is 2.29. The van der Waals surface area contributed by atoms with Crippen molar-refractivity contribution in [2.75, 3.05) is 18.9 Å². The van der Waals surface area contributed by atoms with Crippen LogP contribution in [0.3, 0.4) is 0 Å². The number of urea groups is 1. The summed E-state index contributed by atoms with van der Waals surface area (Å²) in [6.07, 6.45) is 0.893. The van der Waals surface area contributed by atoms with Crippen LogP contribution in [0.15, 0.2) is 18.2 Å². The molecule has 0 fully saturated rings. The van der Waals surface area contributed by atoms with Gasteiger partial charge in [-0.1, -0.05) is 19.9 Å².